The summed E-state index contributed by atoms with van der Waals surface area (Å²) >= 11 is 0. The van der Waals surface area contributed by atoms with Crippen molar-refractivity contribution in [1.29, 1.82) is 0 Å². The Morgan fingerprint density at radius 1 is 1.19 bits per heavy atom. The minimum absolute atomic E-state index is 0.153. The van der Waals surface area contributed by atoms with Gasteiger partial charge in [-0.25, -0.2) is 0 Å². The molecule has 6 nitrogen and oxygen atoms in total. The number of hydrogen-bond donors (Lipinski definition) is 1. The van der Waals surface area contributed by atoms with E-state index in [1.165, 1.54) is 0 Å². The van der Waals surface area contributed by atoms with E-state index in [4.69, 9.17) is 14.2 Å². The Morgan fingerprint density at radius 3 is 2.12 bits per heavy atom. The molecule has 0 rings (SSSR count). The number of nitrogens with one attached hydrogen (secondary N) is 1. The van der Waals surface area contributed by atoms with E-state index in [9.17, 15) is 9.59 Å². The Balaban J connectivity index is 4.38. The number of amides is 1. The van der Waals surface area contributed by atoms with E-state index in [-0.39, 0.29) is 19.8 Å². The molecule has 0 spiro atoms. The second-order valence-corrected chi connectivity index (χ2v) is 2.77. The van der Waals surface area contributed by atoms with Crippen molar-refractivity contribution < 1.29 is 23.8 Å². The zero-order chi connectivity index (χ0) is 12.4. The zero-order valence-corrected chi connectivity index (χ0v) is 9.87. The van der Waals surface area contributed by atoms with Crippen molar-refractivity contribution >= 4 is 12.2 Å². The maximum atomic E-state index is 11.4. The van der Waals surface area contributed by atoms with Gasteiger partial charge in [-0.05, 0) is 20.8 Å². The SMILES string of the molecule is CCOCC(=O)NC([C]=O)(OCC)OCC. The van der Waals surface area contributed by atoms with Crippen LogP contribution in [0, 0.1) is 0 Å². The first-order valence-corrected chi connectivity index (χ1v) is 5.20. The lowest BCUT2D eigenvalue weighted by atomic mass is 10.4. The summed E-state index contributed by atoms with van der Waals surface area (Å²) in [6, 6.07) is 0. The second-order valence-electron chi connectivity index (χ2n) is 2.77. The van der Waals surface area contributed by atoms with Crippen LogP contribution in [0.1, 0.15) is 20.8 Å². The first kappa shape index (κ1) is 15.0. The van der Waals surface area contributed by atoms with Crippen LogP contribution in [-0.2, 0) is 23.8 Å². The molecule has 1 N–H and O–H groups in total. The molecule has 0 saturated heterocycles. The Morgan fingerprint density at radius 2 is 1.75 bits per heavy atom. The fourth-order valence-corrected chi connectivity index (χ4v) is 1.02. The van der Waals surface area contributed by atoms with Crippen LogP contribution < -0.4 is 5.32 Å². The van der Waals surface area contributed by atoms with Gasteiger partial charge in [0.2, 0.25) is 5.91 Å². The molecule has 0 fully saturated rings. The number of carbonyl (C=O) groups excluding carboxylic acids is 2. The first-order chi connectivity index (χ1) is 7.64. The topological polar surface area (TPSA) is 73.9 Å². The van der Waals surface area contributed by atoms with Crippen molar-refractivity contribution in [1.82, 2.24) is 5.32 Å². The van der Waals surface area contributed by atoms with Crippen molar-refractivity contribution in [2.75, 3.05) is 26.4 Å². The molecule has 0 saturated carbocycles. The number of carbonyl (C=O) groups is 1. The van der Waals surface area contributed by atoms with Gasteiger partial charge in [-0.2, -0.15) is 0 Å². The molecule has 0 heterocycles. The largest absolute Gasteiger partial charge is 0.372 e. The summed E-state index contributed by atoms with van der Waals surface area (Å²) in [6.07, 6.45) is 1.54. The Kier molecular flexibility index (Phi) is 7.70. The molecule has 93 valence electrons. The lowest BCUT2D eigenvalue weighted by Crippen LogP contribution is -2.55. The molecule has 0 aromatic heterocycles. The highest BCUT2D eigenvalue weighted by atomic mass is 16.7. The van der Waals surface area contributed by atoms with Crippen molar-refractivity contribution in [3.8, 4) is 0 Å². The van der Waals surface area contributed by atoms with Crippen molar-refractivity contribution in [2.45, 2.75) is 26.7 Å². The molecule has 0 aromatic carbocycles. The molecule has 1 radical (unpaired) electrons. The normalized spacial score (nSPS) is 11.2. The molecule has 0 bridgehead atoms. The fourth-order valence-electron chi connectivity index (χ4n) is 1.02. The summed E-state index contributed by atoms with van der Waals surface area (Å²) in [7, 11) is 0. The number of ether oxygens (including phenoxy) is 3. The maximum absolute atomic E-state index is 11.4. The molecule has 0 aliphatic carbocycles. The van der Waals surface area contributed by atoms with Crippen LogP contribution in [0.4, 0.5) is 0 Å². The third-order valence-electron chi connectivity index (χ3n) is 1.57. The molecule has 0 aromatic rings. The first-order valence-electron chi connectivity index (χ1n) is 5.20. The van der Waals surface area contributed by atoms with Gasteiger partial charge in [-0.1, -0.05) is 0 Å². The Hall–Kier alpha value is -0.980. The van der Waals surface area contributed by atoms with Gasteiger partial charge < -0.3 is 14.2 Å². The molecule has 0 atom stereocenters. The highest BCUT2D eigenvalue weighted by Crippen LogP contribution is 2.06. The summed E-state index contributed by atoms with van der Waals surface area (Å²) in [5, 5.41) is 2.28. The monoisotopic (exact) mass is 232 g/mol. The van der Waals surface area contributed by atoms with Crippen LogP contribution in [0.3, 0.4) is 0 Å². The average molecular weight is 232 g/mol. The molecule has 0 aliphatic rings. The molecule has 6 heteroatoms. The summed E-state index contributed by atoms with van der Waals surface area (Å²) < 4.78 is 15.0. The summed E-state index contributed by atoms with van der Waals surface area (Å²) in [5.74, 6) is -2.32. The Bertz CT molecular complexity index is 213. The van der Waals surface area contributed by atoms with Gasteiger partial charge in [0.05, 0.1) is 0 Å². The highest BCUT2D eigenvalue weighted by molar-refractivity contribution is 5.81. The van der Waals surface area contributed by atoms with Crippen LogP contribution >= 0.6 is 0 Å². The van der Waals surface area contributed by atoms with Gasteiger partial charge in [0, 0.05) is 19.8 Å². The zero-order valence-electron chi connectivity index (χ0n) is 9.87. The van der Waals surface area contributed by atoms with Crippen molar-refractivity contribution in [2.24, 2.45) is 0 Å². The van der Waals surface area contributed by atoms with Gasteiger partial charge >= 0.3 is 5.91 Å². The minimum Gasteiger partial charge on any atom is -0.372 e. The molecule has 16 heavy (non-hydrogen) atoms. The van der Waals surface area contributed by atoms with E-state index < -0.39 is 11.8 Å². The van der Waals surface area contributed by atoms with Crippen LogP contribution in [0.15, 0.2) is 0 Å². The number of hydrogen-bond acceptors (Lipinski definition) is 5. The van der Waals surface area contributed by atoms with E-state index in [1.807, 2.05) is 0 Å². The van der Waals surface area contributed by atoms with E-state index in [2.05, 4.69) is 5.32 Å². The summed E-state index contributed by atoms with van der Waals surface area (Å²) in [4.78, 5) is 22.1. The van der Waals surface area contributed by atoms with Crippen LogP contribution in [-0.4, -0.2) is 44.5 Å². The summed E-state index contributed by atoms with van der Waals surface area (Å²) in [6.45, 7) is 5.81. The van der Waals surface area contributed by atoms with E-state index in [1.54, 1.807) is 27.1 Å². The number of rotatable bonds is 9. The molecule has 0 unspecified atom stereocenters. The predicted molar refractivity (Wildman–Crippen MR) is 56.3 cm³/mol. The maximum Gasteiger partial charge on any atom is 0.322 e. The predicted octanol–water partition coefficient (Wildman–Crippen LogP) is -0.0244. The summed E-state index contributed by atoms with van der Waals surface area (Å²) in [5.41, 5.74) is 0. The fraction of sp³-hybridized carbons (Fsp3) is 0.800. The minimum atomic E-state index is -1.82. The van der Waals surface area contributed by atoms with E-state index in [0.717, 1.165) is 0 Å². The van der Waals surface area contributed by atoms with Gasteiger partial charge in [-0.15, -0.1) is 0 Å². The smallest absolute Gasteiger partial charge is 0.322 e. The van der Waals surface area contributed by atoms with Crippen LogP contribution in [0.25, 0.3) is 0 Å². The third kappa shape index (κ3) is 5.20. The van der Waals surface area contributed by atoms with Crippen LogP contribution in [0.2, 0.25) is 0 Å². The van der Waals surface area contributed by atoms with E-state index >= 15 is 0 Å². The van der Waals surface area contributed by atoms with Gasteiger partial charge in [-0.3, -0.25) is 14.9 Å². The van der Waals surface area contributed by atoms with Crippen molar-refractivity contribution in [3.05, 3.63) is 0 Å². The van der Waals surface area contributed by atoms with Crippen molar-refractivity contribution in [3.63, 3.8) is 0 Å². The van der Waals surface area contributed by atoms with Crippen LogP contribution in [0.5, 0.6) is 0 Å². The molecule has 1 amide bonds. The standard InChI is InChI=1S/C10H18NO5/c1-4-14-7-9(13)11-10(8-12,15-5-2)16-6-3/h4-7H2,1-3H3,(H,11,13). The van der Waals surface area contributed by atoms with Gasteiger partial charge in [0.1, 0.15) is 6.61 Å². The van der Waals surface area contributed by atoms with Gasteiger partial charge in [0.15, 0.2) is 0 Å². The molecule has 0 aliphatic heterocycles. The Labute approximate surface area is 95.2 Å². The third-order valence-corrected chi connectivity index (χ3v) is 1.57. The second kappa shape index (κ2) is 8.20. The molecular weight excluding hydrogens is 214 g/mol. The lowest BCUT2D eigenvalue weighted by molar-refractivity contribution is -0.206. The highest BCUT2D eigenvalue weighted by Gasteiger charge is 2.34. The molecular formula is C10H18NO5. The lowest BCUT2D eigenvalue weighted by Gasteiger charge is -2.27. The quantitative estimate of drug-likeness (QED) is 0.565. The van der Waals surface area contributed by atoms with E-state index in [0.29, 0.717) is 6.61 Å². The van der Waals surface area contributed by atoms with Gasteiger partial charge in [0.25, 0.3) is 6.29 Å². The average Bonchev–Trinajstić information content (AvgIpc) is 2.27.